The van der Waals surface area contributed by atoms with Crippen molar-refractivity contribution in [2.75, 3.05) is 6.54 Å². The Morgan fingerprint density at radius 2 is 2.13 bits per heavy atom. The Labute approximate surface area is 98.2 Å². The highest BCUT2D eigenvalue weighted by Gasteiger charge is 2.37. The standard InChI is InChI=1S/C12H14BrNO/c1-12(6-7-12)8-14-11(15)9-4-2-3-5-10(9)13/h2-5H,6-8H2,1H3,(H,14,15). The fourth-order valence-electron chi connectivity index (χ4n) is 1.42. The van der Waals surface area contributed by atoms with Crippen LogP contribution < -0.4 is 5.32 Å². The second kappa shape index (κ2) is 3.97. The minimum Gasteiger partial charge on any atom is -0.351 e. The molecule has 0 radical (unpaired) electrons. The molecule has 0 saturated heterocycles. The van der Waals surface area contributed by atoms with E-state index in [0.29, 0.717) is 11.0 Å². The first kappa shape index (κ1) is 10.7. The molecule has 1 fully saturated rings. The van der Waals surface area contributed by atoms with E-state index in [1.54, 1.807) is 0 Å². The smallest absolute Gasteiger partial charge is 0.252 e. The molecule has 0 bridgehead atoms. The van der Waals surface area contributed by atoms with E-state index in [9.17, 15) is 4.79 Å². The molecule has 1 aliphatic carbocycles. The van der Waals surface area contributed by atoms with Gasteiger partial charge in [0.15, 0.2) is 0 Å². The molecular formula is C12H14BrNO. The van der Waals surface area contributed by atoms with E-state index in [1.807, 2.05) is 24.3 Å². The molecule has 1 aliphatic rings. The Morgan fingerprint density at radius 1 is 1.47 bits per heavy atom. The van der Waals surface area contributed by atoms with Crippen molar-refractivity contribution in [3.63, 3.8) is 0 Å². The maximum Gasteiger partial charge on any atom is 0.252 e. The molecule has 1 amide bonds. The third-order valence-corrected chi connectivity index (χ3v) is 3.59. The van der Waals surface area contributed by atoms with Gasteiger partial charge in [0.2, 0.25) is 0 Å². The Bertz CT molecular complexity index is 385. The molecule has 80 valence electrons. The number of hydrogen-bond donors (Lipinski definition) is 1. The van der Waals surface area contributed by atoms with Gasteiger partial charge in [0.1, 0.15) is 0 Å². The van der Waals surface area contributed by atoms with Crippen molar-refractivity contribution >= 4 is 21.8 Å². The zero-order valence-corrected chi connectivity index (χ0v) is 10.3. The average Bonchev–Trinajstić information content (AvgIpc) is 2.95. The Hall–Kier alpha value is -0.830. The summed E-state index contributed by atoms with van der Waals surface area (Å²) in [6.07, 6.45) is 2.45. The van der Waals surface area contributed by atoms with Crippen LogP contribution in [0.1, 0.15) is 30.1 Å². The van der Waals surface area contributed by atoms with Crippen LogP contribution in [0.3, 0.4) is 0 Å². The summed E-state index contributed by atoms with van der Waals surface area (Å²) in [6, 6.07) is 7.49. The summed E-state index contributed by atoms with van der Waals surface area (Å²) >= 11 is 3.37. The molecule has 0 atom stereocenters. The average molecular weight is 268 g/mol. The number of carbonyl (C=O) groups is 1. The maximum absolute atomic E-state index is 11.8. The maximum atomic E-state index is 11.8. The molecule has 1 aromatic rings. The van der Waals surface area contributed by atoms with Crippen molar-refractivity contribution in [2.24, 2.45) is 5.41 Å². The molecule has 0 aliphatic heterocycles. The van der Waals surface area contributed by atoms with Crippen molar-refractivity contribution in [3.8, 4) is 0 Å². The predicted octanol–water partition coefficient (Wildman–Crippen LogP) is 2.98. The lowest BCUT2D eigenvalue weighted by atomic mass is 10.1. The summed E-state index contributed by atoms with van der Waals surface area (Å²) in [5.74, 6) is 0.00981. The van der Waals surface area contributed by atoms with Gasteiger partial charge in [-0.2, -0.15) is 0 Å². The van der Waals surface area contributed by atoms with Crippen molar-refractivity contribution in [3.05, 3.63) is 34.3 Å². The fourth-order valence-corrected chi connectivity index (χ4v) is 1.89. The molecule has 1 aromatic carbocycles. The number of benzene rings is 1. The van der Waals surface area contributed by atoms with Gasteiger partial charge in [-0.05, 0) is 46.3 Å². The van der Waals surface area contributed by atoms with Crippen molar-refractivity contribution in [1.29, 1.82) is 0 Å². The highest BCUT2D eigenvalue weighted by molar-refractivity contribution is 9.10. The molecule has 1 N–H and O–H groups in total. The van der Waals surface area contributed by atoms with Crippen molar-refractivity contribution in [1.82, 2.24) is 5.32 Å². The van der Waals surface area contributed by atoms with Gasteiger partial charge >= 0.3 is 0 Å². The summed E-state index contributed by atoms with van der Waals surface area (Å²) in [7, 11) is 0. The largest absolute Gasteiger partial charge is 0.351 e. The third-order valence-electron chi connectivity index (χ3n) is 2.90. The van der Waals surface area contributed by atoms with Gasteiger partial charge in [-0.3, -0.25) is 4.79 Å². The monoisotopic (exact) mass is 267 g/mol. The van der Waals surface area contributed by atoms with Crippen LogP contribution in [-0.2, 0) is 0 Å². The Kier molecular flexibility index (Phi) is 2.83. The van der Waals surface area contributed by atoms with Crippen LogP contribution in [0.15, 0.2) is 28.7 Å². The van der Waals surface area contributed by atoms with E-state index in [1.165, 1.54) is 12.8 Å². The van der Waals surface area contributed by atoms with Gasteiger partial charge in [-0.15, -0.1) is 0 Å². The van der Waals surface area contributed by atoms with Gasteiger partial charge in [0, 0.05) is 11.0 Å². The first-order valence-electron chi connectivity index (χ1n) is 5.13. The normalized spacial score (nSPS) is 17.2. The summed E-state index contributed by atoms with van der Waals surface area (Å²) in [5.41, 5.74) is 1.07. The summed E-state index contributed by atoms with van der Waals surface area (Å²) < 4.78 is 0.850. The van der Waals surface area contributed by atoms with Crippen LogP contribution in [0.5, 0.6) is 0 Å². The predicted molar refractivity (Wildman–Crippen MR) is 63.8 cm³/mol. The quantitative estimate of drug-likeness (QED) is 0.897. The van der Waals surface area contributed by atoms with Gasteiger partial charge in [-0.25, -0.2) is 0 Å². The Balaban J connectivity index is 1.99. The van der Waals surface area contributed by atoms with Crippen LogP contribution in [0.25, 0.3) is 0 Å². The van der Waals surface area contributed by atoms with E-state index in [2.05, 4.69) is 28.2 Å². The lowest BCUT2D eigenvalue weighted by Gasteiger charge is -2.10. The van der Waals surface area contributed by atoms with E-state index in [-0.39, 0.29) is 5.91 Å². The van der Waals surface area contributed by atoms with E-state index < -0.39 is 0 Å². The molecule has 0 unspecified atom stereocenters. The summed E-state index contributed by atoms with van der Waals surface area (Å²) in [5, 5.41) is 2.97. The van der Waals surface area contributed by atoms with Crippen molar-refractivity contribution in [2.45, 2.75) is 19.8 Å². The molecule has 2 nitrogen and oxygen atoms in total. The topological polar surface area (TPSA) is 29.1 Å². The number of amides is 1. The minimum atomic E-state index is 0.00981. The molecule has 0 aromatic heterocycles. The molecule has 3 heteroatoms. The van der Waals surface area contributed by atoms with Gasteiger partial charge < -0.3 is 5.32 Å². The van der Waals surface area contributed by atoms with E-state index >= 15 is 0 Å². The second-order valence-corrected chi connectivity index (χ2v) is 5.33. The third kappa shape index (κ3) is 2.59. The molecule has 0 heterocycles. The number of hydrogen-bond acceptors (Lipinski definition) is 1. The second-order valence-electron chi connectivity index (χ2n) is 4.47. The first-order valence-corrected chi connectivity index (χ1v) is 5.93. The first-order chi connectivity index (χ1) is 7.11. The van der Waals surface area contributed by atoms with Crippen LogP contribution in [-0.4, -0.2) is 12.5 Å². The van der Waals surface area contributed by atoms with E-state index in [4.69, 9.17) is 0 Å². The molecular weight excluding hydrogens is 254 g/mol. The number of nitrogens with one attached hydrogen (secondary N) is 1. The Morgan fingerprint density at radius 3 is 2.73 bits per heavy atom. The van der Waals surface area contributed by atoms with Crippen molar-refractivity contribution < 1.29 is 4.79 Å². The lowest BCUT2D eigenvalue weighted by Crippen LogP contribution is -2.29. The van der Waals surface area contributed by atoms with Crippen LogP contribution in [0.2, 0.25) is 0 Å². The summed E-state index contributed by atoms with van der Waals surface area (Å²) in [6.45, 7) is 2.99. The highest BCUT2D eigenvalue weighted by Crippen LogP contribution is 2.44. The summed E-state index contributed by atoms with van der Waals surface area (Å²) in [4.78, 5) is 11.8. The number of halogens is 1. The van der Waals surface area contributed by atoms with Gasteiger partial charge in [0.25, 0.3) is 5.91 Å². The number of carbonyl (C=O) groups excluding carboxylic acids is 1. The zero-order chi connectivity index (χ0) is 10.9. The van der Waals surface area contributed by atoms with Crippen LogP contribution in [0.4, 0.5) is 0 Å². The lowest BCUT2D eigenvalue weighted by molar-refractivity contribution is 0.0945. The van der Waals surface area contributed by atoms with Crippen LogP contribution in [0, 0.1) is 5.41 Å². The van der Waals surface area contributed by atoms with E-state index in [0.717, 1.165) is 11.0 Å². The molecule has 1 saturated carbocycles. The number of rotatable bonds is 3. The molecule has 2 rings (SSSR count). The SMILES string of the molecule is CC1(CNC(=O)c2ccccc2Br)CC1. The highest BCUT2D eigenvalue weighted by atomic mass is 79.9. The van der Waals surface area contributed by atoms with Gasteiger partial charge in [-0.1, -0.05) is 19.1 Å². The van der Waals surface area contributed by atoms with Gasteiger partial charge in [0.05, 0.1) is 5.56 Å². The molecule has 15 heavy (non-hydrogen) atoms. The van der Waals surface area contributed by atoms with Crippen LogP contribution >= 0.6 is 15.9 Å². The minimum absolute atomic E-state index is 0.00981. The molecule has 0 spiro atoms. The fraction of sp³-hybridized carbons (Fsp3) is 0.417. The zero-order valence-electron chi connectivity index (χ0n) is 8.72.